The second-order valence-electron chi connectivity index (χ2n) is 9.24. The molecule has 4 rings (SSSR count). The summed E-state index contributed by atoms with van der Waals surface area (Å²) in [6.45, 7) is 3.95. The Hall–Kier alpha value is -4.08. The average Bonchev–Trinajstić information content (AvgIpc) is 2.97. The van der Waals surface area contributed by atoms with Crippen molar-refractivity contribution < 1.29 is 19.1 Å². The second-order valence-corrected chi connectivity index (χ2v) is 10.6. The van der Waals surface area contributed by atoms with Crippen LogP contribution in [0.15, 0.2) is 84.0 Å². The van der Waals surface area contributed by atoms with Crippen LogP contribution in [0.3, 0.4) is 0 Å². The van der Waals surface area contributed by atoms with E-state index in [0.29, 0.717) is 32.9 Å². The number of anilines is 1. The van der Waals surface area contributed by atoms with E-state index in [-0.39, 0.29) is 18.2 Å². The van der Waals surface area contributed by atoms with Gasteiger partial charge in [0.05, 0.1) is 25.7 Å². The fraction of sp³-hybridized carbons (Fsp3) is 0.226. The molecule has 0 saturated carbocycles. The Balaban J connectivity index is 1.70. The molecule has 0 saturated heterocycles. The Morgan fingerprint density at radius 1 is 0.927 bits per heavy atom. The van der Waals surface area contributed by atoms with Crippen molar-refractivity contribution in [1.82, 2.24) is 14.9 Å². The highest BCUT2D eigenvalue weighted by atomic mass is 35.5. The van der Waals surface area contributed by atoms with Crippen LogP contribution in [0.1, 0.15) is 28.6 Å². The van der Waals surface area contributed by atoms with Gasteiger partial charge in [-0.1, -0.05) is 65.8 Å². The third-order valence-electron chi connectivity index (χ3n) is 6.21. The molecule has 0 aliphatic carbocycles. The third kappa shape index (κ3) is 7.99. The van der Waals surface area contributed by atoms with Crippen molar-refractivity contribution in [2.75, 3.05) is 25.3 Å². The first-order valence-electron chi connectivity index (χ1n) is 12.8. The zero-order valence-corrected chi connectivity index (χ0v) is 24.8. The van der Waals surface area contributed by atoms with Gasteiger partial charge >= 0.3 is 0 Å². The molecule has 0 aliphatic heterocycles. The molecule has 0 radical (unpaired) electrons. The summed E-state index contributed by atoms with van der Waals surface area (Å²) < 4.78 is 10.8. The number of aryl methyl sites for hydroxylation is 2. The lowest BCUT2D eigenvalue weighted by Gasteiger charge is -2.31. The number of nitrogens with one attached hydrogen (secondary N) is 1. The minimum Gasteiger partial charge on any atom is -0.497 e. The molecule has 2 amide bonds. The first-order valence-corrected chi connectivity index (χ1v) is 14.2. The maximum Gasteiger partial charge on any atom is 0.251 e. The summed E-state index contributed by atoms with van der Waals surface area (Å²) in [5.74, 6) is 0.416. The zero-order valence-electron chi connectivity index (χ0n) is 23.3. The molecule has 3 aromatic carbocycles. The fourth-order valence-electron chi connectivity index (χ4n) is 4.29. The lowest BCUT2D eigenvalue weighted by atomic mass is 10.0. The molecular formula is C31H31ClN4O4S. The summed E-state index contributed by atoms with van der Waals surface area (Å²) in [6, 6.07) is 22.5. The summed E-state index contributed by atoms with van der Waals surface area (Å²) in [5.41, 5.74) is 3.58. The molecule has 10 heteroatoms. The molecule has 1 heterocycles. The van der Waals surface area contributed by atoms with Crippen LogP contribution < -0.4 is 14.8 Å². The van der Waals surface area contributed by atoms with Gasteiger partial charge in [-0.15, -0.1) is 0 Å². The van der Waals surface area contributed by atoms with E-state index in [1.807, 2.05) is 62.4 Å². The quantitative estimate of drug-likeness (QED) is 0.163. The van der Waals surface area contributed by atoms with Crippen LogP contribution in [0.2, 0.25) is 5.02 Å². The van der Waals surface area contributed by atoms with Gasteiger partial charge in [0.25, 0.3) is 5.91 Å². The monoisotopic (exact) mass is 590 g/mol. The maximum absolute atomic E-state index is 14.0. The highest BCUT2D eigenvalue weighted by Gasteiger charge is 2.32. The minimum atomic E-state index is -0.952. The van der Waals surface area contributed by atoms with Gasteiger partial charge in [0.2, 0.25) is 5.91 Å². The summed E-state index contributed by atoms with van der Waals surface area (Å²) in [7, 11) is 3.07. The molecule has 1 aromatic heterocycles. The van der Waals surface area contributed by atoms with Crippen molar-refractivity contribution in [3.05, 3.63) is 106 Å². The topological polar surface area (TPSA) is 93.7 Å². The number of methoxy groups -OCH3 is 2. The number of amides is 2. The van der Waals surface area contributed by atoms with Crippen LogP contribution in [-0.2, 0) is 16.1 Å². The van der Waals surface area contributed by atoms with Crippen LogP contribution in [0, 0.1) is 13.8 Å². The number of thioether (sulfide) groups is 1. The Kier molecular flexibility index (Phi) is 10.2. The molecule has 0 bridgehead atoms. The number of aromatic nitrogens is 2. The van der Waals surface area contributed by atoms with E-state index >= 15 is 0 Å². The van der Waals surface area contributed by atoms with Crippen molar-refractivity contribution in [3.8, 4) is 11.5 Å². The summed E-state index contributed by atoms with van der Waals surface area (Å²) in [5, 5.41) is 4.05. The Morgan fingerprint density at radius 2 is 1.61 bits per heavy atom. The summed E-state index contributed by atoms with van der Waals surface area (Å²) in [6.07, 6.45) is 0. The maximum atomic E-state index is 14.0. The van der Waals surface area contributed by atoms with E-state index in [0.717, 1.165) is 17.0 Å². The Bertz CT molecular complexity index is 1480. The Labute approximate surface area is 249 Å². The van der Waals surface area contributed by atoms with Gasteiger partial charge in [0.15, 0.2) is 5.16 Å². The highest BCUT2D eigenvalue weighted by Crippen LogP contribution is 2.32. The number of hydrogen-bond donors (Lipinski definition) is 1. The standard InChI is InChI=1S/C31H31ClN4O4S/c1-20-16-21(2)34-31(33-20)41-19-28(37)36(18-22-10-12-24(32)13-11-22)29(23-8-6-5-7-9-23)30(38)35-26-15-14-25(39-3)17-27(26)40-4/h5-17,29H,18-19H2,1-4H3,(H,35,38). The fourth-order valence-corrected chi connectivity index (χ4v) is 5.25. The van der Waals surface area contributed by atoms with Crippen molar-refractivity contribution in [2.45, 2.75) is 31.6 Å². The number of rotatable bonds is 11. The van der Waals surface area contributed by atoms with Gasteiger partial charge in [0, 0.05) is 29.0 Å². The SMILES string of the molecule is COc1ccc(NC(=O)C(c2ccccc2)N(Cc2ccc(Cl)cc2)C(=O)CSc2nc(C)cc(C)n2)c(OC)c1. The van der Waals surface area contributed by atoms with Crippen LogP contribution in [0.25, 0.3) is 0 Å². The molecule has 1 unspecified atom stereocenters. The van der Waals surface area contributed by atoms with E-state index in [1.54, 1.807) is 42.3 Å². The number of benzene rings is 3. The predicted molar refractivity (Wildman–Crippen MR) is 162 cm³/mol. The van der Waals surface area contributed by atoms with E-state index in [1.165, 1.54) is 18.9 Å². The van der Waals surface area contributed by atoms with Crippen molar-refractivity contribution >= 4 is 40.9 Å². The number of halogens is 1. The molecule has 8 nitrogen and oxygen atoms in total. The van der Waals surface area contributed by atoms with E-state index < -0.39 is 11.9 Å². The van der Waals surface area contributed by atoms with Gasteiger partial charge in [-0.25, -0.2) is 9.97 Å². The van der Waals surface area contributed by atoms with E-state index in [2.05, 4.69) is 15.3 Å². The number of carbonyl (C=O) groups is 2. The van der Waals surface area contributed by atoms with E-state index in [4.69, 9.17) is 21.1 Å². The molecule has 212 valence electrons. The smallest absolute Gasteiger partial charge is 0.251 e. The van der Waals surface area contributed by atoms with Gasteiger partial charge < -0.3 is 19.7 Å². The van der Waals surface area contributed by atoms with Crippen molar-refractivity contribution in [3.63, 3.8) is 0 Å². The second kappa shape index (κ2) is 14.0. The number of hydrogen-bond acceptors (Lipinski definition) is 7. The van der Waals surface area contributed by atoms with Gasteiger partial charge in [-0.05, 0) is 55.3 Å². The van der Waals surface area contributed by atoms with Gasteiger partial charge in [0.1, 0.15) is 17.5 Å². The molecule has 1 N–H and O–H groups in total. The molecule has 0 fully saturated rings. The zero-order chi connectivity index (χ0) is 29.4. The molecule has 0 spiro atoms. The lowest BCUT2D eigenvalue weighted by molar-refractivity contribution is -0.137. The molecule has 0 aliphatic rings. The minimum absolute atomic E-state index is 0.0406. The lowest BCUT2D eigenvalue weighted by Crippen LogP contribution is -2.41. The van der Waals surface area contributed by atoms with Crippen LogP contribution in [0.5, 0.6) is 11.5 Å². The molecule has 1 atom stereocenters. The third-order valence-corrected chi connectivity index (χ3v) is 7.30. The summed E-state index contributed by atoms with van der Waals surface area (Å²) in [4.78, 5) is 38.5. The van der Waals surface area contributed by atoms with Crippen LogP contribution >= 0.6 is 23.4 Å². The van der Waals surface area contributed by atoms with E-state index in [9.17, 15) is 9.59 Å². The highest BCUT2D eigenvalue weighted by molar-refractivity contribution is 7.99. The predicted octanol–water partition coefficient (Wildman–Crippen LogP) is 6.26. The number of ether oxygens (including phenoxy) is 2. The van der Waals surface area contributed by atoms with Crippen molar-refractivity contribution in [2.24, 2.45) is 0 Å². The molecular weight excluding hydrogens is 560 g/mol. The number of nitrogens with zero attached hydrogens (tertiary/aromatic N) is 3. The number of carbonyl (C=O) groups excluding carboxylic acids is 2. The van der Waals surface area contributed by atoms with Crippen LogP contribution in [0.4, 0.5) is 5.69 Å². The molecule has 41 heavy (non-hydrogen) atoms. The Morgan fingerprint density at radius 3 is 2.24 bits per heavy atom. The first kappa shape index (κ1) is 29.9. The molecule has 4 aromatic rings. The van der Waals surface area contributed by atoms with Crippen molar-refractivity contribution in [1.29, 1.82) is 0 Å². The average molecular weight is 591 g/mol. The van der Waals surface area contributed by atoms with Gasteiger partial charge in [-0.2, -0.15) is 0 Å². The largest absolute Gasteiger partial charge is 0.497 e. The van der Waals surface area contributed by atoms with Crippen LogP contribution in [-0.4, -0.2) is 46.7 Å². The van der Waals surface area contributed by atoms with Gasteiger partial charge in [-0.3, -0.25) is 9.59 Å². The summed E-state index contributed by atoms with van der Waals surface area (Å²) >= 11 is 7.36. The normalized spacial score (nSPS) is 11.4. The first-order chi connectivity index (χ1) is 19.8.